The van der Waals surface area contributed by atoms with Gasteiger partial charge in [-0.2, -0.15) is 0 Å². The van der Waals surface area contributed by atoms with Gasteiger partial charge >= 0.3 is 0 Å². The van der Waals surface area contributed by atoms with Crippen LogP contribution in [-0.2, 0) is 11.2 Å². The van der Waals surface area contributed by atoms with Crippen LogP contribution in [0.5, 0.6) is 0 Å². The Balaban J connectivity index is 2.07. The molecular weight excluding hydrogens is 228 g/mol. The summed E-state index contributed by atoms with van der Waals surface area (Å²) in [5.41, 5.74) is 4.94. The van der Waals surface area contributed by atoms with Gasteiger partial charge in [0.05, 0.1) is 18.0 Å². The number of nitrogens with two attached hydrogens (primary N) is 1. The van der Waals surface area contributed by atoms with E-state index in [2.05, 4.69) is 9.97 Å². The molecule has 1 aromatic heterocycles. The Bertz CT molecular complexity index is 381. The van der Waals surface area contributed by atoms with E-state index in [1.54, 1.807) is 0 Å². The minimum Gasteiger partial charge on any atom is -0.396 e. The van der Waals surface area contributed by atoms with Gasteiger partial charge < -0.3 is 10.5 Å². The van der Waals surface area contributed by atoms with Crippen molar-refractivity contribution >= 4 is 5.69 Å². The third-order valence-corrected chi connectivity index (χ3v) is 2.79. The zero-order valence-electron chi connectivity index (χ0n) is 9.40. The zero-order chi connectivity index (χ0) is 12.3. The van der Waals surface area contributed by atoms with E-state index in [1.165, 1.54) is 6.20 Å². The summed E-state index contributed by atoms with van der Waals surface area (Å²) < 4.78 is 30.7. The number of aromatic nitrogens is 2. The maximum Gasteiger partial charge on any atom is 0.282 e. The zero-order valence-corrected chi connectivity index (χ0v) is 9.40. The molecule has 0 bridgehead atoms. The largest absolute Gasteiger partial charge is 0.396 e. The average Bonchev–Trinajstić information content (AvgIpc) is 2.32. The van der Waals surface area contributed by atoms with Gasteiger partial charge in [-0.3, -0.25) is 0 Å². The first kappa shape index (κ1) is 12.2. The van der Waals surface area contributed by atoms with E-state index in [9.17, 15) is 8.78 Å². The molecule has 0 amide bonds. The van der Waals surface area contributed by atoms with Gasteiger partial charge in [-0.05, 0) is 19.3 Å². The summed E-state index contributed by atoms with van der Waals surface area (Å²) in [6, 6.07) is 0. The molecule has 2 rings (SSSR count). The maximum absolute atomic E-state index is 12.6. The van der Waals surface area contributed by atoms with E-state index >= 15 is 0 Å². The van der Waals surface area contributed by atoms with E-state index in [4.69, 9.17) is 10.5 Å². The van der Waals surface area contributed by atoms with Crippen molar-refractivity contribution in [1.29, 1.82) is 0 Å². The van der Waals surface area contributed by atoms with Crippen LogP contribution in [0.4, 0.5) is 14.5 Å². The second-order valence-corrected chi connectivity index (χ2v) is 4.12. The second-order valence-electron chi connectivity index (χ2n) is 4.12. The van der Waals surface area contributed by atoms with Crippen LogP contribution in [0, 0.1) is 0 Å². The minimum absolute atomic E-state index is 0.0397. The summed E-state index contributed by atoms with van der Waals surface area (Å²) in [6.07, 6.45) is 2.18. The van der Waals surface area contributed by atoms with Gasteiger partial charge in [-0.1, -0.05) is 0 Å². The summed E-state index contributed by atoms with van der Waals surface area (Å²) in [6.45, 7) is 0.724. The van der Waals surface area contributed by atoms with Crippen LogP contribution < -0.4 is 5.73 Å². The Labute approximate surface area is 98.2 Å². The fourth-order valence-electron chi connectivity index (χ4n) is 1.89. The number of hydrogen-bond acceptors (Lipinski definition) is 4. The molecule has 1 saturated heterocycles. The highest BCUT2D eigenvalue weighted by atomic mass is 19.3. The lowest BCUT2D eigenvalue weighted by atomic mass is 10.1. The number of nitrogen functional groups attached to an aromatic ring is 1. The predicted octanol–water partition coefficient (Wildman–Crippen LogP) is 2.11. The standard InChI is InChI=1S/C11H15F2N3O/c12-11(13)10-8(14)6-15-9(16-10)5-7-3-1-2-4-17-7/h6-7,11H,1-5,14H2. The van der Waals surface area contributed by atoms with Crippen LogP contribution in [0.25, 0.3) is 0 Å². The molecule has 1 fully saturated rings. The van der Waals surface area contributed by atoms with Crippen molar-refractivity contribution in [3.63, 3.8) is 0 Å². The molecule has 4 nitrogen and oxygen atoms in total. The van der Waals surface area contributed by atoms with Crippen LogP contribution in [-0.4, -0.2) is 22.7 Å². The lowest BCUT2D eigenvalue weighted by Crippen LogP contribution is -2.22. The molecule has 0 saturated carbocycles. The van der Waals surface area contributed by atoms with Crippen LogP contribution in [0.1, 0.15) is 37.2 Å². The number of anilines is 1. The maximum atomic E-state index is 12.6. The third kappa shape index (κ3) is 3.09. The Morgan fingerprint density at radius 2 is 2.29 bits per heavy atom. The number of hydrogen-bond donors (Lipinski definition) is 1. The fourth-order valence-corrected chi connectivity index (χ4v) is 1.89. The number of halogens is 2. The Hall–Kier alpha value is -1.30. The molecule has 6 heteroatoms. The Morgan fingerprint density at radius 1 is 1.47 bits per heavy atom. The molecule has 1 atom stereocenters. The molecule has 17 heavy (non-hydrogen) atoms. The topological polar surface area (TPSA) is 61.0 Å². The van der Waals surface area contributed by atoms with Gasteiger partial charge in [-0.15, -0.1) is 0 Å². The van der Waals surface area contributed by atoms with Crippen molar-refractivity contribution in [1.82, 2.24) is 9.97 Å². The molecule has 1 aromatic rings. The summed E-state index contributed by atoms with van der Waals surface area (Å²) in [5.74, 6) is 0.376. The quantitative estimate of drug-likeness (QED) is 0.883. The van der Waals surface area contributed by atoms with E-state index < -0.39 is 6.43 Å². The Morgan fingerprint density at radius 3 is 2.94 bits per heavy atom. The van der Waals surface area contributed by atoms with Gasteiger partial charge in [0.25, 0.3) is 6.43 Å². The monoisotopic (exact) mass is 243 g/mol. The van der Waals surface area contributed by atoms with Gasteiger partial charge in [0.2, 0.25) is 0 Å². The highest BCUT2D eigenvalue weighted by molar-refractivity contribution is 5.40. The lowest BCUT2D eigenvalue weighted by Gasteiger charge is -2.21. The first-order valence-electron chi connectivity index (χ1n) is 5.68. The van der Waals surface area contributed by atoms with Crippen LogP contribution in [0.15, 0.2) is 6.20 Å². The lowest BCUT2D eigenvalue weighted by molar-refractivity contribution is 0.0155. The van der Waals surface area contributed by atoms with Crippen molar-refractivity contribution in [3.8, 4) is 0 Å². The molecule has 0 spiro atoms. The summed E-state index contributed by atoms with van der Waals surface area (Å²) in [7, 11) is 0. The molecule has 1 unspecified atom stereocenters. The van der Waals surface area contributed by atoms with E-state index in [1.807, 2.05) is 0 Å². The number of alkyl halides is 2. The summed E-state index contributed by atoms with van der Waals surface area (Å²) in [4.78, 5) is 7.77. The number of rotatable bonds is 3. The van der Waals surface area contributed by atoms with Gasteiger partial charge in [-0.25, -0.2) is 18.7 Å². The van der Waals surface area contributed by atoms with Crippen molar-refractivity contribution in [3.05, 3.63) is 17.7 Å². The van der Waals surface area contributed by atoms with Gasteiger partial charge in [0.15, 0.2) is 0 Å². The van der Waals surface area contributed by atoms with Crippen LogP contribution >= 0.6 is 0 Å². The molecule has 1 aliphatic rings. The number of ether oxygens (including phenoxy) is 1. The van der Waals surface area contributed by atoms with Gasteiger partial charge in [0, 0.05) is 13.0 Å². The predicted molar refractivity (Wildman–Crippen MR) is 58.7 cm³/mol. The smallest absolute Gasteiger partial charge is 0.282 e. The molecule has 0 aromatic carbocycles. The second kappa shape index (κ2) is 5.35. The van der Waals surface area contributed by atoms with Crippen molar-refractivity contribution in [2.45, 2.75) is 38.2 Å². The highest BCUT2D eigenvalue weighted by Gasteiger charge is 2.19. The third-order valence-electron chi connectivity index (χ3n) is 2.79. The minimum atomic E-state index is -2.66. The molecule has 1 aliphatic heterocycles. The Kier molecular flexibility index (Phi) is 3.83. The molecular formula is C11H15F2N3O. The van der Waals surface area contributed by atoms with Crippen LogP contribution in [0.3, 0.4) is 0 Å². The summed E-state index contributed by atoms with van der Waals surface area (Å²) >= 11 is 0. The molecule has 0 aliphatic carbocycles. The van der Waals surface area contributed by atoms with Crippen molar-refractivity contribution in [2.24, 2.45) is 0 Å². The average molecular weight is 243 g/mol. The van der Waals surface area contributed by atoms with Crippen LogP contribution in [0.2, 0.25) is 0 Å². The first-order valence-corrected chi connectivity index (χ1v) is 5.68. The normalized spacial score (nSPS) is 20.8. The van der Waals surface area contributed by atoms with E-state index in [-0.39, 0.29) is 17.5 Å². The van der Waals surface area contributed by atoms with Crippen molar-refractivity contribution < 1.29 is 13.5 Å². The van der Waals surface area contributed by atoms with Crippen molar-refractivity contribution in [2.75, 3.05) is 12.3 Å². The molecule has 0 radical (unpaired) electrons. The molecule has 94 valence electrons. The first-order chi connectivity index (χ1) is 8.16. The summed E-state index contributed by atoms with van der Waals surface area (Å²) in [5, 5.41) is 0. The fraction of sp³-hybridized carbons (Fsp3) is 0.636. The SMILES string of the molecule is Nc1cnc(CC2CCCCO2)nc1C(F)F. The highest BCUT2D eigenvalue weighted by Crippen LogP contribution is 2.23. The van der Waals surface area contributed by atoms with E-state index in [0.717, 1.165) is 25.9 Å². The number of nitrogens with zero attached hydrogens (tertiary/aromatic N) is 2. The van der Waals surface area contributed by atoms with E-state index in [0.29, 0.717) is 12.2 Å². The molecule has 2 heterocycles. The van der Waals surface area contributed by atoms with Gasteiger partial charge in [0.1, 0.15) is 11.5 Å². The molecule has 2 N–H and O–H groups in total.